The fourth-order valence-corrected chi connectivity index (χ4v) is 6.58. The first-order valence-electron chi connectivity index (χ1n) is 10.3. The molecule has 2 N–H and O–H groups in total. The van der Waals surface area contributed by atoms with Crippen LogP contribution in [0.25, 0.3) is 0 Å². The molecule has 1 heterocycles. The molecule has 1 aromatic rings. The molecule has 1 amide bonds. The van der Waals surface area contributed by atoms with Gasteiger partial charge in [-0.15, -0.1) is 12.4 Å². The molecule has 27 heavy (non-hydrogen) atoms. The van der Waals surface area contributed by atoms with Gasteiger partial charge >= 0.3 is 0 Å². The van der Waals surface area contributed by atoms with Crippen LogP contribution in [0.3, 0.4) is 0 Å². The monoisotopic (exact) mass is 390 g/mol. The van der Waals surface area contributed by atoms with Gasteiger partial charge in [0.15, 0.2) is 0 Å². The van der Waals surface area contributed by atoms with Crippen molar-refractivity contribution in [1.29, 1.82) is 0 Å². The molecule has 4 fully saturated rings. The molecule has 148 valence electrons. The van der Waals surface area contributed by atoms with Crippen molar-refractivity contribution in [3.8, 4) is 0 Å². The Balaban J connectivity index is 0.00000180. The zero-order chi connectivity index (χ0) is 17.9. The number of rotatable bonds is 4. The lowest BCUT2D eigenvalue weighted by Gasteiger charge is -2.56. The number of carbonyl (C=O) groups excluding carboxylic acids is 1. The summed E-state index contributed by atoms with van der Waals surface area (Å²) >= 11 is 0. The maximum atomic E-state index is 11.7. The Morgan fingerprint density at radius 3 is 2.41 bits per heavy atom. The maximum absolute atomic E-state index is 11.7. The number of hydrogen-bond acceptors (Lipinski definition) is 3. The van der Waals surface area contributed by atoms with Crippen molar-refractivity contribution < 1.29 is 9.53 Å². The van der Waals surface area contributed by atoms with Crippen molar-refractivity contribution in [3.63, 3.8) is 0 Å². The normalized spacial score (nSPS) is 40.1. The summed E-state index contributed by atoms with van der Waals surface area (Å²) in [5, 5.41) is 0. The van der Waals surface area contributed by atoms with E-state index in [4.69, 9.17) is 10.5 Å². The van der Waals surface area contributed by atoms with Crippen LogP contribution in [0.1, 0.15) is 54.4 Å². The number of primary amides is 1. The van der Waals surface area contributed by atoms with E-state index in [-0.39, 0.29) is 23.9 Å². The van der Waals surface area contributed by atoms with Crippen LogP contribution in [0.4, 0.5) is 0 Å². The van der Waals surface area contributed by atoms with Gasteiger partial charge in [-0.05, 0) is 61.6 Å². The van der Waals surface area contributed by atoms with Gasteiger partial charge in [-0.2, -0.15) is 0 Å². The molecule has 4 aliphatic rings. The second kappa shape index (κ2) is 7.06. The van der Waals surface area contributed by atoms with Gasteiger partial charge in [0.05, 0.1) is 0 Å². The minimum Gasteiger partial charge on any atom is -0.373 e. The molecule has 3 saturated carbocycles. The molecule has 1 aliphatic heterocycles. The minimum absolute atomic E-state index is 0. The zero-order valence-electron chi connectivity index (χ0n) is 16.1. The summed E-state index contributed by atoms with van der Waals surface area (Å²) in [5.74, 6) is 2.70. The fourth-order valence-electron chi connectivity index (χ4n) is 6.58. The van der Waals surface area contributed by atoms with Crippen molar-refractivity contribution in [3.05, 3.63) is 35.4 Å². The zero-order valence-corrected chi connectivity index (χ0v) is 16.9. The van der Waals surface area contributed by atoms with Gasteiger partial charge in [0.1, 0.15) is 5.60 Å². The number of nitrogens with two attached hydrogens (primary N) is 1. The molecule has 4 nitrogen and oxygen atoms in total. The summed E-state index contributed by atoms with van der Waals surface area (Å²) in [6.07, 6.45) is 8.03. The van der Waals surface area contributed by atoms with Crippen LogP contribution in [-0.4, -0.2) is 37.0 Å². The van der Waals surface area contributed by atoms with E-state index < -0.39 is 0 Å². The van der Waals surface area contributed by atoms with Crippen LogP contribution in [-0.2, 0) is 10.3 Å². The Kier molecular flexibility index (Phi) is 5.02. The number of carbonyl (C=O) groups is 1. The van der Waals surface area contributed by atoms with Crippen LogP contribution in [0.5, 0.6) is 0 Å². The third-order valence-corrected chi connectivity index (χ3v) is 7.90. The number of methoxy groups -OCH3 is 1. The Morgan fingerprint density at radius 2 is 1.81 bits per heavy atom. The van der Waals surface area contributed by atoms with E-state index in [9.17, 15) is 4.79 Å². The Hall–Kier alpha value is -1.10. The second-order valence-corrected chi connectivity index (χ2v) is 9.10. The highest BCUT2D eigenvalue weighted by Crippen LogP contribution is 2.56. The Bertz CT molecular complexity index is 700. The van der Waals surface area contributed by atoms with Crippen LogP contribution < -0.4 is 5.73 Å². The number of amides is 1. The van der Waals surface area contributed by atoms with E-state index in [0.29, 0.717) is 17.4 Å². The number of piperidine rings is 1. The molecular weight excluding hydrogens is 360 g/mol. The first-order valence-corrected chi connectivity index (χ1v) is 10.3. The minimum atomic E-state index is -0.356. The van der Waals surface area contributed by atoms with E-state index in [1.54, 1.807) is 0 Å². The summed E-state index contributed by atoms with van der Waals surface area (Å²) in [6, 6.07) is 8.70. The van der Waals surface area contributed by atoms with Gasteiger partial charge in [0.2, 0.25) is 5.91 Å². The molecular formula is C22H31ClN2O2. The number of ether oxygens (including phenoxy) is 1. The van der Waals surface area contributed by atoms with Gasteiger partial charge in [-0.3, -0.25) is 9.69 Å². The van der Waals surface area contributed by atoms with Gasteiger partial charge in [-0.1, -0.05) is 18.6 Å². The molecule has 5 rings (SSSR count). The summed E-state index contributed by atoms with van der Waals surface area (Å²) in [7, 11) is 1.86. The standard InChI is InChI=1S/C22H30N2O2.ClH/c1-26-22(17-5-2-4-14(9-17)21(23)25)18-6-3-7-19(22)13-24(12-18)20-10-15-8-16(15)11-20;/h2,4-5,9,15-16,18-20H,3,6-8,10-13H2,1H3,(H2,23,25);1H/t15?,16?,18-,19+,20?,22?;. The largest absolute Gasteiger partial charge is 0.373 e. The summed E-state index contributed by atoms with van der Waals surface area (Å²) in [6.45, 7) is 2.27. The number of hydrogen-bond donors (Lipinski definition) is 1. The lowest BCUT2D eigenvalue weighted by molar-refractivity contribution is -0.174. The lowest BCUT2D eigenvalue weighted by Crippen LogP contribution is -2.60. The fraction of sp³-hybridized carbons (Fsp3) is 0.682. The summed E-state index contributed by atoms with van der Waals surface area (Å²) in [4.78, 5) is 14.5. The smallest absolute Gasteiger partial charge is 0.248 e. The van der Waals surface area contributed by atoms with Crippen molar-refractivity contribution >= 4 is 18.3 Å². The Labute approximate surface area is 168 Å². The van der Waals surface area contributed by atoms with E-state index in [1.165, 1.54) is 38.5 Å². The van der Waals surface area contributed by atoms with Crippen molar-refractivity contribution in [2.45, 2.75) is 50.2 Å². The van der Waals surface area contributed by atoms with E-state index in [2.05, 4.69) is 11.0 Å². The number of halogens is 1. The first kappa shape index (κ1) is 19.2. The van der Waals surface area contributed by atoms with Crippen LogP contribution in [0.15, 0.2) is 24.3 Å². The molecule has 1 aromatic carbocycles. The van der Waals surface area contributed by atoms with Crippen LogP contribution >= 0.6 is 12.4 Å². The highest BCUT2D eigenvalue weighted by molar-refractivity contribution is 5.92. The molecule has 0 spiro atoms. The molecule has 2 bridgehead atoms. The summed E-state index contributed by atoms with van der Waals surface area (Å²) < 4.78 is 6.33. The predicted octanol–water partition coefficient (Wildman–Crippen LogP) is 3.58. The predicted molar refractivity (Wildman–Crippen MR) is 108 cm³/mol. The third kappa shape index (κ3) is 3.01. The SMILES string of the molecule is COC1(c2cccc(C(N)=O)c2)[C@@H]2CCC[C@H]1CN(C1CC3CC3C1)C2.Cl. The van der Waals surface area contributed by atoms with E-state index in [1.807, 2.05) is 25.3 Å². The molecule has 5 atom stereocenters. The van der Waals surface area contributed by atoms with E-state index >= 15 is 0 Å². The summed E-state index contributed by atoms with van der Waals surface area (Å²) in [5.41, 5.74) is 7.03. The molecule has 3 unspecified atom stereocenters. The Morgan fingerprint density at radius 1 is 1.15 bits per heavy atom. The van der Waals surface area contributed by atoms with Crippen molar-refractivity contribution in [1.82, 2.24) is 4.90 Å². The van der Waals surface area contributed by atoms with Crippen LogP contribution in [0.2, 0.25) is 0 Å². The highest BCUT2D eigenvalue weighted by atomic mass is 35.5. The maximum Gasteiger partial charge on any atom is 0.248 e. The van der Waals surface area contributed by atoms with Crippen LogP contribution in [0, 0.1) is 23.7 Å². The van der Waals surface area contributed by atoms with Gasteiger partial charge in [0, 0.05) is 43.6 Å². The molecule has 0 aromatic heterocycles. The highest BCUT2D eigenvalue weighted by Gasteiger charge is 2.56. The average molecular weight is 391 g/mol. The number of fused-ring (bicyclic) bond motifs is 3. The average Bonchev–Trinajstić information content (AvgIpc) is 3.25. The molecule has 0 radical (unpaired) electrons. The number of benzene rings is 1. The van der Waals surface area contributed by atoms with Gasteiger partial charge in [0.25, 0.3) is 0 Å². The van der Waals surface area contributed by atoms with E-state index in [0.717, 1.165) is 36.5 Å². The topological polar surface area (TPSA) is 55.6 Å². The van der Waals surface area contributed by atoms with Crippen molar-refractivity contribution in [2.24, 2.45) is 29.4 Å². The quantitative estimate of drug-likeness (QED) is 0.854. The second-order valence-electron chi connectivity index (χ2n) is 9.10. The third-order valence-electron chi connectivity index (χ3n) is 7.90. The molecule has 3 aliphatic carbocycles. The molecule has 5 heteroatoms. The van der Waals surface area contributed by atoms with Gasteiger partial charge in [-0.25, -0.2) is 0 Å². The number of nitrogens with zero attached hydrogens (tertiary/aromatic N) is 1. The number of likely N-dealkylation sites (tertiary alicyclic amines) is 1. The van der Waals surface area contributed by atoms with Crippen molar-refractivity contribution in [2.75, 3.05) is 20.2 Å². The lowest BCUT2D eigenvalue weighted by atomic mass is 9.62. The first-order chi connectivity index (χ1) is 12.6. The van der Waals surface area contributed by atoms with Gasteiger partial charge < -0.3 is 10.5 Å². The molecule has 1 saturated heterocycles.